The first-order valence-electron chi connectivity index (χ1n) is 8.99. The molecule has 2 heterocycles. The molecular weight excluding hydrogens is 322 g/mol. The van der Waals surface area contributed by atoms with Gasteiger partial charge in [-0.1, -0.05) is 6.92 Å². The van der Waals surface area contributed by atoms with Gasteiger partial charge in [-0.05, 0) is 31.2 Å². The van der Waals surface area contributed by atoms with Gasteiger partial charge in [0.1, 0.15) is 0 Å². The zero-order chi connectivity index (χ0) is 17.8. The maximum atomic E-state index is 11.0. The van der Waals surface area contributed by atoms with E-state index in [0.29, 0.717) is 23.8 Å². The molecule has 0 amide bonds. The highest BCUT2D eigenvalue weighted by molar-refractivity contribution is 5.58. The number of nitro benzene ring substituents is 1. The van der Waals surface area contributed by atoms with Crippen LogP contribution in [0, 0.1) is 16.0 Å². The van der Waals surface area contributed by atoms with E-state index in [1.807, 2.05) is 0 Å². The third kappa shape index (κ3) is 4.41. The van der Waals surface area contributed by atoms with Crippen LogP contribution in [0.4, 0.5) is 11.4 Å². The molecule has 1 aromatic carbocycles. The number of hydrogen-bond acceptors (Lipinski definition) is 6. The molecule has 7 nitrogen and oxygen atoms in total. The number of hydrogen-bond donors (Lipinski definition) is 1. The molecule has 3 atom stereocenters. The van der Waals surface area contributed by atoms with Crippen molar-refractivity contribution in [3.63, 3.8) is 0 Å². The summed E-state index contributed by atoms with van der Waals surface area (Å²) in [4.78, 5) is 13.1. The van der Waals surface area contributed by atoms with Crippen molar-refractivity contribution in [1.82, 2.24) is 4.90 Å². The SMILES string of the molecule is COc1cc(NC2CCN(CC3CCCO3)CC2C)ccc1[N+](=O)[O-]. The quantitative estimate of drug-likeness (QED) is 0.628. The number of nitrogens with one attached hydrogen (secondary N) is 1. The topological polar surface area (TPSA) is 76.9 Å². The highest BCUT2D eigenvalue weighted by atomic mass is 16.6. The predicted molar refractivity (Wildman–Crippen MR) is 96.3 cm³/mol. The molecule has 2 aliphatic rings. The van der Waals surface area contributed by atoms with Gasteiger partial charge in [0, 0.05) is 50.1 Å². The highest BCUT2D eigenvalue weighted by Crippen LogP contribution is 2.31. The zero-order valence-corrected chi connectivity index (χ0v) is 14.9. The summed E-state index contributed by atoms with van der Waals surface area (Å²) in [5.74, 6) is 0.787. The van der Waals surface area contributed by atoms with Crippen LogP contribution in [0.5, 0.6) is 5.75 Å². The average Bonchev–Trinajstić information content (AvgIpc) is 3.10. The number of ether oxygens (including phenoxy) is 2. The van der Waals surface area contributed by atoms with Crippen LogP contribution in [-0.2, 0) is 4.74 Å². The Balaban J connectivity index is 1.57. The van der Waals surface area contributed by atoms with Gasteiger partial charge in [0.2, 0.25) is 0 Å². The van der Waals surface area contributed by atoms with Gasteiger partial charge >= 0.3 is 5.69 Å². The average molecular weight is 349 g/mol. The lowest BCUT2D eigenvalue weighted by molar-refractivity contribution is -0.385. The summed E-state index contributed by atoms with van der Waals surface area (Å²) < 4.78 is 10.9. The molecule has 0 spiro atoms. The van der Waals surface area contributed by atoms with E-state index < -0.39 is 4.92 Å². The van der Waals surface area contributed by atoms with E-state index in [4.69, 9.17) is 9.47 Å². The van der Waals surface area contributed by atoms with Crippen molar-refractivity contribution in [1.29, 1.82) is 0 Å². The molecule has 1 aromatic rings. The van der Waals surface area contributed by atoms with Crippen molar-refractivity contribution < 1.29 is 14.4 Å². The van der Waals surface area contributed by atoms with Crippen LogP contribution in [0.3, 0.4) is 0 Å². The second-order valence-corrected chi connectivity index (χ2v) is 7.06. The van der Waals surface area contributed by atoms with Crippen molar-refractivity contribution in [2.75, 3.05) is 38.7 Å². The maximum Gasteiger partial charge on any atom is 0.311 e. The van der Waals surface area contributed by atoms with Gasteiger partial charge in [0.05, 0.1) is 18.1 Å². The van der Waals surface area contributed by atoms with Gasteiger partial charge in [0.15, 0.2) is 5.75 Å². The van der Waals surface area contributed by atoms with Gasteiger partial charge in [0.25, 0.3) is 0 Å². The second-order valence-electron chi connectivity index (χ2n) is 7.06. The Morgan fingerprint density at radius 3 is 2.92 bits per heavy atom. The molecule has 0 bridgehead atoms. The van der Waals surface area contributed by atoms with Crippen LogP contribution in [0.15, 0.2) is 18.2 Å². The number of likely N-dealkylation sites (tertiary alicyclic amines) is 1. The number of benzene rings is 1. The summed E-state index contributed by atoms with van der Waals surface area (Å²) in [5.41, 5.74) is 0.861. The van der Waals surface area contributed by atoms with Crippen LogP contribution >= 0.6 is 0 Å². The predicted octanol–water partition coefficient (Wildman–Crippen LogP) is 2.90. The Morgan fingerprint density at radius 1 is 1.44 bits per heavy atom. The molecule has 0 aliphatic carbocycles. The summed E-state index contributed by atoms with van der Waals surface area (Å²) in [6.45, 7) is 6.28. The Hall–Kier alpha value is -1.86. The monoisotopic (exact) mass is 349 g/mol. The van der Waals surface area contributed by atoms with Gasteiger partial charge in [-0.3, -0.25) is 10.1 Å². The minimum Gasteiger partial charge on any atom is -0.490 e. The number of methoxy groups -OCH3 is 1. The molecule has 7 heteroatoms. The van der Waals surface area contributed by atoms with Crippen LogP contribution in [-0.4, -0.2) is 55.3 Å². The van der Waals surface area contributed by atoms with Crippen molar-refractivity contribution in [3.05, 3.63) is 28.3 Å². The Kier molecular flexibility index (Phi) is 5.75. The normalized spacial score (nSPS) is 27.2. The molecule has 0 aromatic heterocycles. The molecule has 3 unspecified atom stereocenters. The van der Waals surface area contributed by atoms with E-state index in [1.165, 1.54) is 26.0 Å². The fourth-order valence-electron chi connectivity index (χ4n) is 3.82. The third-order valence-electron chi connectivity index (χ3n) is 5.20. The fraction of sp³-hybridized carbons (Fsp3) is 0.667. The fourth-order valence-corrected chi connectivity index (χ4v) is 3.82. The zero-order valence-electron chi connectivity index (χ0n) is 14.9. The standard InChI is InChI=1S/C18H27N3O4/c1-13-11-20(12-15-4-3-9-25-15)8-7-16(13)19-14-5-6-17(21(22)23)18(10-14)24-2/h5-6,10,13,15-16,19H,3-4,7-9,11-12H2,1-2H3. The number of nitro groups is 1. The smallest absolute Gasteiger partial charge is 0.311 e. The minimum atomic E-state index is -0.422. The van der Waals surface area contributed by atoms with Crippen LogP contribution in [0.1, 0.15) is 26.2 Å². The van der Waals surface area contributed by atoms with Crippen LogP contribution in [0.25, 0.3) is 0 Å². The van der Waals surface area contributed by atoms with E-state index in [9.17, 15) is 10.1 Å². The number of nitrogens with zero attached hydrogens (tertiary/aromatic N) is 2. The lowest BCUT2D eigenvalue weighted by atomic mass is 9.93. The highest BCUT2D eigenvalue weighted by Gasteiger charge is 2.28. The molecule has 25 heavy (non-hydrogen) atoms. The van der Waals surface area contributed by atoms with Gasteiger partial charge in [-0.2, -0.15) is 0 Å². The first-order valence-corrected chi connectivity index (χ1v) is 8.99. The van der Waals surface area contributed by atoms with E-state index >= 15 is 0 Å². The van der Waals surface area contributed by atoms with E-state index in [1.54, 1.807) is 12.1 Å². The molecule has 138 valence electrons. The summed E-state index contributed by atoms with van der Waals surface area (Å²) in [7, 11) is 1.46. The maximum absolute atomic E-state index is 11.0. The first-order chi connectivity index (χ1) is 12.1. The molecule has 2 fully saturated rings. The summed E-state index contributed by atoms with van der Waals surface area (Å²) in [5, 5.41) is 14.5. The van der Waals surface area contributed by atoms with Crippen LogP contribution < -0.4 is 10.1 Å². The lowest BCUT2D eigenvalue weighted by Gasteiger charge is -2.38. The van der Waals surface area contributed by atoms with Crippen molar-refractivity contribution in [3.8, 4) is 5.75 Å². The first kappa shape index (κ1) is 17.9. The van der Waals surface area contributed by atoms with Crippen molar-refractivity contribution >= 4 is 11.4 Å². The summed E-state index contributed by atoms with van der Waals surface area (Å²) >= 11 is 0. The number of anilines is 1. The molecule has 0 saturated carbocycles. The lowest BCUT2D eigenvalue weighted by Crippen LogP contribution is -2.47. The largest absolute Gasteiger partial charge is 0.490 e. The van der Waals surface area contributed by atoms with Gasteiger partial charge in [-0.25, -0.2) is 0 Å². The van der Waals surface area contributed by atoms with Crippen molar-refractivity contribution in [2.45, 2.75) is 38.3 Å². The molecule has 3 rings (SSSR count). The van der Waals surface area contributed by atoms with E-state index in [2.05, 4.69) is 17.1 Å². The van der Waals surface area contributed by atoms with Crippen LogP contribution in [0.2, 0.25) is 0 Å². The Labute approximate surface area is 148 Å². The summed E-state index contributed by atoms with van der Waals surface area (Å²) in [6.07, 6.45) is 3.80. The number of piperidine rings is 1. The third-order valence-corrected chi connectivity index (χ3v) is 5.20. The second kappa shape index (κ2) is 8.01. The van der Waals surface area contributed by atoms with Crippen molar-refractivity contribution in [2.24, 2.45) is 5.92 Å². The van der Waals surface area contributed by atoms with Gasteiger partial charge < -0.3 is 19.7 Å². The molecule has 2 saturated heterocycles. The summed E-state index contributed by atoms with van der Waals surface area (Å²) in [6, 6.07) is 5.32. The molecule has 1 N–H and O–H groups in total. The molecule has 0 radical (unpaired) electrons. The molecular formula is C18H27N3O4. The van der Waals surface area contributed by atoms with E-state index in [0.717, 1.165) is 38.3 Å². The number of rotatable bonds is 6. The Morgan fingerprint density at radius 2 is 2.28 bits per heavy atom. The molecule has 2 aliphatic heterocycles. The minimum absolute atomic E-state index is 0.00696. The van der Waals surface area contributed by atoms with E-state index in [-0.39, 0.29) is 5.69 Å². The Bertz CT molecular complexity index is 604. The van der Waals surface area contributed by atoms with Gasteiger partial charge in [-0.15, -0.1) is 0 Å².